The fraction of sp³-hybridized carbons (Fsp3) is 0.235. The predicted molar refractivity (Wildman–Crippen MR) is 86.9 cm³/mol. The van der Waals surface area contributed by atoms with Crippen LogP contribution in [-0.2, 0) is 4.79 Å². The fourth-order valence-electron chi connectivity index (χ4n) is 1.93. The Balaban J connectivity index is 1.72. The van der Waals surface area contributed by atoms with Gasteiger partial charge in [0.2, 0.25) is 5.91 Å². The predicted octanol–water partition coefficient (Wildman–Crippen LogP) is 2.84. The Morgan fingerprint density at radius 2 is 1.73 bits per heavy atom. The van der Waals surface area contributed by atoms with E-state index in [4.69, 9.17) is 4.74 Å². The first kappa shape index (κ1) is 15.9. The summed E-state index contributed by atoms with van der Waals surface area (Å²) in [6.07, 6.45) is -0.393. The van der Waals surface area contributed by atoms with Gasteiger partial charge in [-0.3, -0.25) is 4.79 Å². The van der Waals surface area contributed by atoms with Crippen LogP contribution in [0.25, 0.3) is 0 Å². The molecule has 1 amide bonds. The maximum absolute atomic E-state index is 10.9. The molecule has 0 aliphatic heterocycles. The van der Waals surface area contributed by atoms with E-state index < -0.39 is 6.29 Å². The van der Waals surface area contributed by atoms with E-state index in [0.29, 0.717) is 18.7 Å². The van der Waals surface area contributed by atoms with Crippen LogP contribution in [0.4, 0.5) is 11.4 Å². The van der Waals surface area contributed by atoms with Gasteiger partial charge in [0.1, 0.15) is 5.75 Å². The summed E-state index contributed by atoms with van der Waals surface area (Å²) in [6.45, 7) is 2.05. The molecule has 1 atom stereocenters. The zero-order valence-electron chi connectivity index (χ0n) is 12.5. The van der Waals surface area contributed by atoms with Gasteiger partial charge in [-0.25, -0.2) is 0 Å². The summed E-state index contributed by atoms with van der Waals surface area (Å²) >= 11 is 0. The maximum Gasteiger partial charge on any atom is 0.221 e. The number of hydrogen-bond donors (Lipinski definition) is 3. The van der Waals surface area contributed by atoms with Gasteiger partial charge in [0.05, 0.1) is 0 Å². The summed E-state index contributed by atoms with van der Waals surface area (Å²) in [5.41, 5.74) is 1.67. The number of rotatable bonds is 7. The monoisotopic (exact) mass is 300 g/mol. The highest BCUT2D eigenvalue weighted by Crippen LogP contribution is 2.14. The van der Waals surface area contributed by atoms with Crippen molar-refractivity contribution in [2.75, 3.05) is 17.2 Å². The van der Waals surface area contributed by atoms with Gasteiger partial charge in [0, 0.05) is 31.3 Å². The minimum absolute atomic E-state index is 0.0955. The Kier molecular flexibility index (Phi) is 5.80. The number of para-hydroxylation sites is 1. The normalized spacial score (nSPS) is 11.5. The molecule has 0 aliphatic carbocycles. The Labute approximate surface area is 129 Å². The molecule has 0 unspecified atom stereocenters. The first-order valence-corrected chi connectivity index (χ1v) is 7.15. The van der Waals surface area contributed by atoms with Gasteiger partial charge in [-0.05, 0) is 36.4 Å². The molecule has 0 bridgehead atoms. The molecule has 0 aromatic heterocycles. The quantitative estimate of drug-likeness (QED) is 0.688. The summed E-state index contributed by atoms with van der Waals surface area (Å²) in [5.74, 6) is 0.552. The molecule has 0 spiro atoms. The summed E-state index contributed by atoms with van der Waals surface area (Å²) in [6, 6.07) is 16.6. The van der Waals surface area contributed by atoms with E-state index in [1.165, 1.54) is 6.92 Å². The van der Waals surface area contributed by atoms with Crippen LogP contribution >= 0.6 is 0 Å². The Morgan fingerprint density at radius 3 is 2.36 bits per heavy atom. The van der Waals surface area contributed by atoms with Gasteiger partial charge >= 0.3 is 0 Å². The topological polar surface area (TPSA) is 70.6 Å². The molecule has 0 fully saturated rings. The average molecular weight is 300 g/mol. The maximum atomic E-state index is 10.9. The van der Waals surface area contributed by atoms with Crippen molar-refractivity contribution in [1.82, 2.24) is 0 Å². The molecule has 5 nitrogen and oxygen atoms in total. The van der Waals surface area contributed by atoms with Crippen molar-refractivity contribution >= 4 is 17.3 Å². The third kappa shape index (κ3) is 5.46. The van der Waals surface area contributed by atoms with Crippen LogP contribution < -0.4 is 15.4 Å². The van der Waals surface area contributed by atoms with Crippen LogP contribution in [0.2, 0.25) is 0 Å². The van der Waals surface area contributed by atoms with Gasteiger partial charge in [0.25, 0.3) is 0 Å². The highest BCUT2D eigenvalue weighted by molar-refractivity contribution is 5.88. The molecule has 0 saturated heterocycles. The Morgan fingerprint density at radius 1 is 1.09 bits per heavy atom. The number of hydrogen-bond acceptors (Lipinski definition) is 4. The Bertz CT molecular complexity index is 585. The van der Waals surface area contributed by atoms with E-state index in [-0.39, 0.29) is 5.91 Å². The molecule has 0 aliphatic rings. The molecule has 5 heteroatoms. The van der Waals surface area contributed by atoms with Gasteiger partial charge in [-0.2, -0.15) is 0 Å². The van der Waals surface area contributed by atoms with Crippen LogP contribution in [0.3, 0.4) is 0 Å². The third-order valence-electron chi connectivity index (χ3n) is 2.94. The number of carbonyl (C=O) groups is 1. The van der Waals surface area contributed by atoms with Gasteiger partial charge in [-0.1, -0.05) is 18.2 Å². The number of ether oxygens (including phenoxy) is 1. The molecule has 2 aromatic carbocycles. The van der Waals surface area contributed by atoms with Crippen molar-refractivity contribution in [3.63, 3.8) is 0 Å². The highest BCUT2D eigenvalue weighted by atomic mass is 16.6. The first-order valence-electron chi connectivity index (χ1n) is 7.15. The number of nitrogens with one attached hydrogen (secondary N) is 2. The molecule has 0 heterocycles. The van der Waals surface area contributed by atoms with E-state index in [1.54, 1.807) is 12.1 Å². The van der Waals surface area contributed by atoms with E-state index in [2.05, 4.69) is 10.6 Å². The van der Waals surface area contributed by atoms with Crippen LogP contribution in [0, 0.1) is 0 Å². The molecule has 2 rings (SSSR count). The summed E-state index contributed by atoms with van der Waals surface area (Å²) in [5, 5.41) is 15.7. The summed E-state index contributed by atoms with van der Waals surface area (Å²) < 4.78 is 5.38. The lowest BCUT2D eigenvalue weighted by Crippen LogP contribution is -2.19. The van der Waals surface area contributed by atoms with E-state index in [0.717, 1.165) is 11.4 Å². The van der Waals surface area contributed by atoms with Crippen molar-refractivity contribution in [3.05, 3.63) is 54.6 Å². The van der Waals surface area contributed by atoms with E-state index in [9.17, 15) is 9.90 Å². The van der Waals surface area contributed by atoms with Gasteiger partial charge in [0.15, 0.2) is 6.29 Å². The molecule has 0 radical (unpaired) electrons. The fourth-order valence-corrected chi connectivity index (χ4v) is 1.93. The molecule has 2 aromatic rings. The van der Waals surface area contributed by atoms with E-state index in [1.807, 2.05) is 42.5 Å². The zero-order chi connectivity index (χ0) is 15.8. The SMILES string of the molecule is CC(=O)Nc1ccc(NCC[C@@H](O)Oc2ccccc2)cc1. The Hall–Kier alpha value is -2.53. The summed E-state index contributed by atoms with van der Waals surface area (Å²) in [4.78, 5) is 10.9. The van der Waals surface area contributed by atoms with Gasteiger partial charge in [-0.15, -0.1) is 0 Å². The molecular formula is C17H20N2O3. The minimum Gasteiger partial charge on any atom is -0.465 e. The number of aliphatic hydroxyl groups excluding tert-OH is 1. The number of carbonyl (C=O) groups excluding carboxylic acids is 1. The van der Waals surface area contributed by atoms with Crippen LogP contribution in [0.5, 0.6) is 5.75 Å². The smallest absolute Gasteiger partial charge is 0.221 e. The second kappa shape index (κ2) is 8.05. The lowest BCUT2D eigenvalue weighted by molar-refractivity contribution is -0.114. The standard InChI is InChI=1S/C17H20N2O3/c1-13(20)19-15-9-7-14(8-10-15)18-12-11-17(21)22-16-5-3-2-4-6-16/h2-10,17-18,21H,11-12H2,1H3,(H,19,20)/t17-/m0/s1. The summed E-state index contributed by atoms with van der Waals surface area (Å²) in [7, 11) is 0. The number of anilines is 2. The minimum atomic E-state index is -0.853. The lowest BCUT2D eigenvalue weighted by Gasteiger charge is -2.14. The number of benzene rings is 2. The van der Waals surface area contributed by atoms with Gasteiger partial charge < -0.3 is 20.5 Å². The number of amides is 1. The first-order chi connectivity index (χ1) is 10.6. The van der Waals surface area contributed by atoms with Crippen molar-refractivity contribution in [2.45, 2.75) is 19.6 Å². The lowest BCUT2D eigenvalue weighted by atomic mass is 10.2. The zero-order valence-corrected chi connectivity index (χ0v) is 12.5. The molecule has 3 N–H and O–H groups in total. The van der Waals surface area contributed by atoms with Crippen molar-refractivity contribution in [3.8, 4) is 5.75 Å². The second-order valence-electron chi connectivity index (χ2n) is 4.86. The third-order valence-corrected chi connectivity index (χ3v) is 2.94. The molecule has 116 valence electrons. The molecular weight excluding hydrogens is 280 g/mol. The molecule has 22 heavy (non-hydrogen) atoms. The second-order valence-corrected chi connectivity index (χ2v) is 4.86. The number of aliphatic hydroxyl groups is 1. The van der Waals surface area contributed by atoms with Crippen LogP contribution in [0.15, 0.2) is 54.6 Å². The van der Waals surface area contributed by atoms with E-state index >= 15 is 0 Å². The highest BCUT2D eigenvalue weighted by Gasteiger charge is 2.05. The van der Waals surface area contributed by atoms with Crippen molar-refractivity contribution in [2.24, 2.45) is 0 Å². The average Bonchev–Trinajstić information content (AvgIpc) is 2.49. The van der Waals surface area contributed by atoms with Crippen molar-refractivity contribution < 1.29 is 14.6 Å². The van der Waals surface area contributed by atoms with Crippen LogP contribution in [0.1, 0.15) is 13.3 Å². The van der Waals surface area contributed by atoms with Crippen molar-refractivity contribution in [1.29, 1.82) is 0 Å². The van der Waals surface area contributed by atoms with Crippen LogP contribution in [-0.4, -0.2) is 23.8 Å². The molecule has 0 saturated carbocycles. The largest absolute Gasteiger partial charge is 0.465 e.